The fourth-order valence-corrected chi connectivity index (χ4v) is 2.70. The van der Waals surface area contributed by atoms with Gasteiger partial charge in [0.05, 0.1) is 22.3 Å². The molecule has 0 saturated carbocycles. The molecule has 0 atom stereocenters. The van der Waals surface area contributed by atoms with Gasteiger partial charge in [0, 0.05) is 0 Å². The van der Waals surface area contributed by atoms with Gasteiger partial charge in [-0.05, 0) is 34.0 Å². The van der Waals surface area contributed by atoms with Gasteiger partial charge in [0.2, 0.25) is 0 Å². The summed E-state index contributed by atoms with van der Waals surface area (Å²) in [5, 5.41) is 5.34. The number of ether oxygens (including phenoxy) is 1. The molecule has 2 aromatic rings. The molecule has 0 aliphatic rings. The second kappa shape index (κ2) is 8.07. The number of carbonyl (C=O) groups excluding carboxylic acids is 2. The lowest BCUT2D eigenvalue weighted by Gasteiger charge is -2.13. The van der Waals surface area contributed by atoms with Crippen LogP contribution in [0.1, 0.15) is 13.8 Å². The van der Waals surface area contributed by atoms with Crippen molar-refractivity contribution in [1.29, 1.82) is 0 Å². The molecule has 1 aromatic heterocycles. The molecule has 23 heavy (non-hydrogen) atoms. The number of benzene rings is 1. The Morgan fingerprint density at radius 1 is 1.26 bits per heavy atom. The number of aromatic nitrogens is 1. The molecule has 0 aliphatic carbocycles. The van der Waals surface area contributed by atoms with E-state index in [9.17, 15) is 9.59 Å². The molecule has 0 radical (unpaired) electrons. The summed E-state index contributed by atoms with van der Waals surface area (Å²) in [7, 11) is 0. The van der Waals surface area contributed by atoms with Gasteiger partial charge in [0.25, 0.3) is 0 Å². The number of halogens is 1. The van der Waals surface area contributed by atoms with Crippen LogP contribution >= 0.6 is 27.3 Å². The van der Waals surface area contributed by atoms with Crippen LogP contribution in [-0.2, 0) is 9.59 Å². The maximum atomic E-state index is 12.0. The van der Waals surface area contributed by atoms with Crippen LogP contribution in [0.4, 0.5) is 10.8 Å². The Morgan fingerprint density at radius 2 is 1.96 bits per heavy atom. The van der Waals surface area contributed by atoms with Gasteiger partial charge in [-0.2, -0.15) is 0 Å². The lowest BCUT2D eigenvalue weighted by Crippen LogP contribution is -2.29. The second-order valence-corrected chi connectivity index (χ2v) is 7.49. The molecule has 6 nitrogen and oxygen atoms in total. The van der Waals surface area contributed by atoms with E-state index < -0.39 is 11.8 Å². The lowest BCUT2D eigenvalue weighted by molar-refractivity contribution is -0.133. The van der Waals surface area contributed by atoms with Crippen molar-refractivity contribution in [1.82, 2.24) is 4.98 Å². The first-order chi connectivity index (χ1) is 11.0. The average Bonchev–Trinajstić information content (AvgIpc) is 2.91. The van der Waals surface area contributed by atoms with Crippen LogP contribution in [-0.4, -0.2) is 23.4 Å². The highest BCUT2D eigenvalue weighted by Crippen LogP contribution is 2.25. The van der Waals surface area contributed by atoms with Gasteiger partial charge in [0.1, 0.15) is 5.75 Å². The Kier molecular flexibility index (Phi) is 6.12. The summed E-state index contributed by atoms with van der Waals surface area (Å²) in [5.41, 5.74) is 0.452. The SMILES string of the molecule is CC(C)COc1ccccc1NC(=O)C(=O)Nc1ncc(Br)s1. The van der Waals surface area contributed by atoms with Gasteiger partial charge in [-0.25, -0.2) is 4.98 Å². The number of hydrogen-bond donors (Lipinski definition) is 2. The Morgan fingerprint density at radius 3 is 2.61 bits per heavy atom. The van der Waals surface area contributed by atoms with Crippen molar-refractivity contribution in [3.63, 3.8) is 0 Å². The highest BCUT2D eigenvalue weighted by atomic mass is 79.9. The molecule has 1 heterocycles. The predicted octanol–water partition coefficient (Wildman–Crippen LogP) is 3.52. The predicted molar refractivity (Wildman–Crippen MR) is 93.8 cm³/mol. The van der Waals surface area contributed by atoms with E-state index in [-0.39, 0.29) is 0 Å². The van der Waals surface area contributed by atoms with Crippen molar-refractivity contribution >= 4 is 49.9 Å². The summed E-state index contributed by atoms with van der Waals surface area (Å²) in [4.78, 5) is 27.8. The maximum absolute atomic E-state index is 12.0. The second-order valence-electron chi connectivity index (χ2n) is 5.08. The van der Waals surface area contributed by atoms with Crippen molar-refractivity contribution in [3.8, 4) is 5.75 Å². The van der Waals surface area contributed by atoms with E-state index in [1.54, 1.807) is 30.5 Å². The zero-order chi connectivity index (χ0) is 16.8. The van der Waals surface area contributed by atoms with Crippen molar-refractivity contribution in [2.24, 2.45) is 5.92 Å². The first-order valence-electron chi connectivity index (χ1n) is 6.91. The fourth-order valence-electron chi connectivity index (χ4n) is 1.60. The third-order valence-corrected chi connectivity index (χ3v) is 4.00. The average molecular weight is 398 g/mol. The van der Waals surface area contributed by atoms with Crippen molar-refractivity contribution in [2.75, 3.05) is 17.2 Å². The summed E-state index contributed by atoms with van der Waals surface area (Å²) in [6.45, 7) is 4.58. The monoisotopic (exact) mass is 397 g/mol. The molecule has 0 bridgehead atoms. The molecule has 2 N–H and O–H groups in total. The van der Waals surface area contributed by atoms with Crippen molar-refractivity contribution in [3.05, 3.63) is 34.2 Å². The van der Waals surface area contributed by atoms with E-state index in [4.69, 9.17) is 4.74 Å². The number of nitrogens with one attached hydrogen (secondary N) is 2. The molecule has 0 aliphatic heterocycles. The van der Waals surface area contributed by atoms with Gasteiger partial charge in [0.15, 0.2) is 5.13 Å². The first kappa shape index (κ1) is 17.4. The zero-order valence-electron chi connectivity index (χ0n) is 12.6. The number of carbonyl (C=O) groups is 2. The minimum Gasteiger partial charge on any atom is -0.491 e. The number of para-hydroxylation sites is 2. The molecule has 2 amide bonds. The number of nitrogens with zero attached hydrogens (tertiary/aromatic N) is 1. The Labute approximate surface area is 146 Å². The molecule has 2 rings (SSSR count). The first-order valence-corrected chi connectivity index (χ1v) is 8.52. The number of thiazole rings is 1. The third kappa shape index (κ3) is 5.33. The summed E-state index contributed by atoms with van der Waals surface area (Å²) in [6, 6.07) is 6.99. The van der Waals surface area contributed by atoms with Crippen LogP contribution in [0.25, 0.3) is 0 Å². The Balaban J connectivity index is 2.00. The lowest BCUT2D eigenvalue weighted by atomic mass is 10.2. The van der Waals surface area contributed by atoms with Crippen LogP contribution in [0.15, 0.2) is 34.2 Å². The molecule has 0 unspecified atom stereocenters. The maximum Gasteiger partial charge on any atom is 0.315 e. The number of hydrogen-bond acceptors (Lipinski definition) is 5. The van der Waals surface area contributed by atoms with E-state index >= 15 is 0 Å². The fraction of sp³-hybridized carbons (Fsp3) is 0.267. The molecule has 0 spiro atoms. The number of anilines is 2. The topological polar surface area (TPSA) is 80.3 Å². The minimum absolute atomic E-state index is 0.348. The molecule has 0 saturated heterocycles. The molecular formula is C15H16BrN3O3S. The molecule has 8 heteroatoms. The van der Waals surface area contributed by atoms with Crippen LogP contribution in [0, 0.1) is 5.92 Å². The van der Waals surface area contributed by atoms with Crippen LogP contribution in [0.2, 0.25) is 0 Å². The molecule has 122 valence electrons. The normalized spacial score (nSPS) is 10.4. The third-order valence-electron chi connectivity index (χ3n) is 2.61. The van der Waals surface area contributed by atoms with Crippen molar-refractivity contribution < 1.29 is 14.3 Å². The van der Waals surface area contributed by atoms with E-state index in [1.807, 2.05) is 13.8 Å². The number of amides is 2. The standard InChI is InChI=1S/C15H16BrN3O3S/c1-9(2)8-22-11-6-4-3-5-10(11)18-13(20)14(21)19-15-17-7-12(16)23-15/h3-7,9H,8H2,1-2H3,(H,18,20)(H,17,19,21). The summed E-state index contributed by atoms with van der Waals surface area (Å²) < 4.78 is 6.40. The van der Waals surface area contributed by atoms with Gasteiger partial charge in [-0.15, -0.1) is 0 Å². The smallest absolute Gasteiger partial charge is 0.315 e. The Bertz CT molecular complexity index is 703. The summed E-state index contributed by atoms with van der Waals surface area (Å²) >= 11 is 4.46. The van der Waals surface area contributed by atoms with Gasteiger partial charge < -0.3 is 10.1 Å². The zero-order valence-corrected chi connectivity index (χ0v) is 15.0. The van der Waals surface area contributed by atoms with Crippen molar-refractivity contribution in [2.45, 2.75) is 13.8 Å². The van der Waals surface area contributed by atoms with Crippen LogP contribution in [0.5, 0.6) is 5.75 Å². The van der Waals surface area contributed by atoms with Crippen LogP contribution < -0.4 is 15.4 Å². The van der Waals surface area contributed by atoms with E-state index in [2.05, 4.69) is 31.5 Å². The van der Waals surface area contributed by atoms with E-state index in [0.29, 0.717) is 29.1 Å². The van der Waals surface area contributed by atoms with Gasteiger partial charge in [-0.3, -0.25) is 14.9 Å². The van der Waals surface area contributed by atoms with Gasteiger partial charge in [-0.1, -0.05) is 37.3 Å². The summed E-state index contributed by atoms with van der Waals surface area (Å²) in [5.74, 6) is -0.688. The Hall–Kier alpha value is -1.93. The summed E-state index contributed by atoms with van der Waals surface area (Å²) in [6.07, 6.45) is 1.55. The van der Waals surface area contributed by atoms with Gasteiger partial charge >= 0.3 is 11.8 Å². The van der Waals surface area contributed by atoms with Crippen LogP contribution in [0.3, 0.4) is 0 Å². The molecular weight excluding hydrogens is 382 g/mol. The molecule has 0 fully saturated rings. The van der Waals surface area contributed by atoms with E-state index in [1.165, 1.54) is 11.3 Å². The highest BCUT2D eigenvalue weighted by molar-refractivity contribution is 9.11. The number of rotatable bonds is 5. The van der Waals surface area contributed by atoms with E-state index in [0.717, 1.165) is 3.79 Å². The highest BCUT2D eigenvalue weighted by Gasteiger charge is 2.17. The molecule has 1 aromatic carbocycles. The minimum atomic E-state index is -0.787. The quantitative estimate of drug-likeness (QED) is 0.756. The largest absolute Gasteiger partial charge is 0.491 e.